The van der Waals surface area contributed by atoms with Crippen LogP contribution in [-0.2, 0) is 4.43 Å². The smallest absolute Gasteiger partial charge is 0.192 e. The number of nitriles is 1. The summed E-state index contributed by atoms with van der Waals surface area (Å²) in [5.74, 6) is 0. The summed E-state index contributed by atoms with van der Waals surface area (Å²) in [4.78, 5) is 4.15. The molecule has 0 saturated carbocycles. The first-order valence-corrected chi connectivity index (χ1v) is 10.8. The molecule has 122 valence electrons. The van der Waals surface area contributed by atoms with E-state index >= 15 is 0 Å². The van der Waals surface area contributed by atoms with Crippen LogP contribution in [0.15, 0.2) is 43.0 Å². The number of hydrogen-bond acceptors (Lipinski definition) is 3. The number of rotatable bonds is 5. The van der Waals surface area contributed by atoms with Crippen molar-refractivity contribution < 1.29 is 4.43 Å². The lowest BCUT2D eigenvalue weighted by molar-refractivity contribution is 0.248. The van der Waals surface area contributed by atoms with E-state index in [0.717, 1.165) is 5.56 Å². The van der Waals surface area contributed by atoms with Gasteiger partial charge in [0, 0.05) is 12.4 Å². The zero-order valence-corrected chi connectivity index (χ0v) is 15.6. The molecule has 23 heavy (non-hydrogen) atoms. The summed E-state index contributed by atoms with van der Waals surface area (Å²) in [6, 6.07) is 9.95. The predicted octanol–water partition coefficient (Wildman–Crippen LogP) is 4.37. The fraction of sp³-hybridized carbons (Fsp3) is 0.444. The third kappa shape index (κ3) is 3.90. The largest absolute Gasteiger partial charge is 0.414 e. The fourth-order valence-corrected chi connectivity index (χ4v) is 3.19. The molecule has 0 unspecified atom stereocenters. The summed E-state index contributed by atoms with van der Waals surface area (Å²) < 4.78 is 8.43. The molecule has 1 heterocycles. The Kier molecular flexibility index (Phi) is 5.08. The van der Waals surface area contributed by atoms with E-state index in [4.69, 9.17) is 4.43 Å². The zero-order valence-electron chi connectivity index (χ0n) is 14.6. The van der Waals surface area contributed by atoms with Gasteiger partial charge in [0.05, 0.1) is 30.6 Å². The molecule has 0 saturated heterocycles. The van der Waals surface area contributed by atoms with E-state index in [-0.39, 0.29) is 11.1 Å². The van der Waals surface area contributed by atoms with Crippen molar-refractivity contribution in [2.24, 2.45) is 0 Å². The van der Waals surface area contributed by atoms with Crippen molar-refractivity contribution in [2.45, 2.75) is 44.9 Å². The Morgan fingerprint density at radius 3 is 2.57 bits per heavy atom. The molecule has 0 aliphatic rings. The van der Waals surface area contributed by atoms with Gasteiger partial charge in [-0.05, 0) is 29.8 Å². The van der Waals surface area contributed by atoms with Crippen LogP contribution in [0.1, 0.15) is 37.9 Å². The predicted molar refractivity (Wildman–Crippen MR) is 94.7 cm³/mol. The van der Waals surface area contributed by atoms with E-state index in [2.05, 4.69) is 44.9 Å². The minimum atomic E-state index is -1.86. The minimum absolute atomic E-state index is 0.0394. The standard InChI is InChI=1S/C18H25N3OSi/c1-18(2,3)23(4,5)22-13-17(21-11-10-20-14-21)16-9-7-6-8-15(16)12-19/h6-11,14,17H,13H2,1-5H3/t17-/m1/s1. The number of imidazole rings is 1. The van der Waals surface area contributed by atoms with Gasteiger partial charge in [-0.15, -0.1) is 0 Å². The van der Waals surface area contributed by atoms with Gasteiger partial charge in [0.1, 0.15) is 0 Å². The lowest BCUT2D eigenvalue weighted by Crippen LogP contribution is -2.42. The van der Waals surface area contributed by atoms with E-state index in [9.17, 15) is 5.26 Å². The van der Waals surface area contributed by atoms with Gasteiger partial charge in [0.25, 0.3) is 0 Å². The van der Waals surface area contributed by atoms with Crippen molar-refractivity contribution in [3.8, 4) is 6.07 Å². The van der Waals surface area contributed by atoms with Crippen LogP contribution in [-0.4, -0.2) is 24.5 Å². The molecule has 1 aromatic carbocycles. The third-order valence-electron chi connectivity index (χ3n) is 4.73. The Balaban J connectivity index is 2.33. The van der Waals surface area contributed by atoms with Crippen LogP contribution < -0.4 is 0 Å². The van der Waals surface area contributed by atoms with Crippen LogP contribution in [0.5, 0.6) is 0 Å². The van der Waals surface area contributed by atoms with Crippen molar-refractivity contribution in [3.05, 3.63) is 54.1 Å². The molecule has 0 fully saturated rings. The van der Waals surface area contributed by atoms with Crippen LogP contribution in [0.2, 0.25) is 18.1 Å². The molecule has 1 aromatic heterocycles. The Morgan fingerprint density at radius 1 is 1.30 bits per heavy atom. The lowest BCUT2D eigenvalue weighted by Gasteiger charge is -2.37. The van der Waals surface area contributed by atoms with Gasteiger partial charge in [-0.25, -0.2) is 4.98 Å². The average molecular weight is 328 g/mol. The van der Waals surface area contributed by atoms with Gasteiger partial charge in [-0.2, -0.15) is 5.26 Å². The summed E-state index contributed by atoms with van der Waals surface area (Å²) in [7, 11) is -1.86. The van der Waals surface area contributed by atoms with Crippen LogP contribution in [0.3, 0.4) is 0 Å². The third-order valence-corrected chi connectivity index (χ3v) is 9.23. The molecule has 0 N–H and O–H groups in total. The van der Waals surface area contributed by atoms with Crippen molar-refractivity contribution in [1.29, 1.82) is 5.26 Å². The maximum absolute atomic E-state index is 9.42. The van der Waals surface area contributed by atoms with E-state index in [1.54, 1.807) is 12.5 Å². The molecule has 0 amide bonds. The Hall–Kier alpha value is -1.90. The van der Waals surface area contributed by atoms with Gasteiger partial charge in [0.2, 0.25) is 0 Å². The SMILES string of the molecule is CC(C)(C)[Si](C)(C)OC[C@H](c1ccccc1C#N)n1ccnc1. The second-order valence-corrected chi connectivity index (χ2v) is 12.1. The van der Waals surface area contributed by atoms with Crippen molar-refractivity contribution in [2.75, 3.05) is 6.61 Å². The maximum atomic E-state index is 9.42. The maximum Gasteiger partial charge on any atom is 0.192 e. The first-order valence-electron chi connectivity index (χ1n) is 7.87. The second kappa shape index (κ2) is 6.69. The summed E-state index contributed by atoms with van der Waals surface area (Å²) in [5, 5.41) is 9.57. The average Bonchev–Trinajstić information content (AvgIpc) is 3.01. The van der Waals surface area contributed by atoms with Gasteiger partial charge in [-0.1, -0.05) is 39.0 Å². The van der Waals surface area contributed by atoms with Gasteiger partial charge < -0.3 is 8.99 Å². The zero-order chi connectivity index (χ0) is 17.1. The highest BCUT2D eigenvalue weighted by molar-refractivity contribution is 6.74. The molecule has 0 bridgehead atoms. The molecule has 0 spiro atoms. The molecule has 0 aliphatic heterocycles. The van der Waals surface area contributed by atoms with Crippen molar-refractivity contribution in [3.63, 3.8) is 0 Å². The molecule has 1 atom stereocenters. The number of hydrogen-bond donors (Lipinski definition) is 0. The van der Waals surface area contributed by atoms with Crippen LogP contribution in [0.25, 0.3) is 0 Å². The van der Waals surface area contributed by atoms with E-state index < -0.39 is 8.32 Å². The first-order chi connectivity index (χ1) is 10.8. The molecule has 2 aromatic rings. The van der Waals surface area contributed by atoms with Gasteiger partial charge in [-0.3, -0.25) is 0 Å². The Bertz CT molecular complexity index is 681. The van der Waals surface area contributed by atoms with Crippen molar-refractivity contribution >= 4 is 8.32 Å². The summed E-state index contributed by atoms with van der Waals surface area (Å²) in [6.07, 6.45) is 5.47. The van der Waals surface area contributed by atoms with Crippen molar-refractivity contribution in [1.82, 2.24) is 9.55 Å². The van der Waals surface area contributed by atoms with E-state index in [1.807, 2.05) is 35.0 Å². The highest BCUT2D eigenvalue weighted by Gasteiger charge is 2.38. The fourth-order valence-electron chi connectivity index (χ4n) is 2.18. The Morgan fingerprint density at radius 2 is 2.00 bits per heavy atom. The normalized spacial score (nSPS) is 13.6. The number of benzene rings is 1. The second-order valence-electron chi connectivity index (χ2n) is 7.30. The highest BCUT2D eigenvalue weighted by Crippen LogP contribution is 2.37. The van der Waals surface area contributed by atoms with E-state index in [0.29, 0.717) is 12.2 Å². The van der Waals surface area contributed by atoms with Crippen LogP contribution >= 0.6 is 0 Å². The monoisotopic (exact) mass is 327 g/mol. The van der Waals surface area contributed by atoms with Crippen LogP contribution in [0, 0.1) is 11.3 Å². The molecule has 4 nitrogen and oxygen atoms in total. The molecular weight excluding hydrogens is 302 g/mol. The Labute approximate surface area is 139 Å². The van der Waals surface area contributed by atoms with Crippen LogP contribution in [0.4, 0.5) is 0 Å². The molecule has 2 rings (SSSR count). The lowest BCUT2D eigenvalue weighted by atomic mass is 10.0. The molecular formula is C18H25N3OSi. The quantitative estimate of drug-likeness (QED) is 0.766. The highest BCUT2D eigenvalue weighted by atomic mass is 28.4. The minimum Gasteiger partial charge on any atom is -0.414 e. The summed E-state index contributed by atoms with van der Waals surface area (Å²) in [6.45, 7) is 11.7. The molecule has 0 radical (unpaired) electrons. The first kappa shape index (κ1) is 17.5. The summed E-state index contributed by atoms with van der Waals surface area (Å²) in [5.41, 5.74) is 1.66. The van der Waals surface area contributed by atoms with E-state index in [1.165, 1.54) is 0 Å². The van der Waals surface area contributed by atoms with Gasteiger partial charge >= 0.3 is 0 Å². The number of aromatic nitrogens is 2. The number of nitrogens with zero attached hydrogens (tertiary/aromatic N) is 3. The molecule has 5 heteroatoms. The topological polar surface area (TPSA) is 50.8 Å². The van der Waals surface area contributed by atoms with Gasteiger partial charge in [0.15, 0.2) is 8.32 Å². The molecule has 0 aliphatic carbocycles. The summed E-state index contributed by atoms with van der Waals surface area (Å²) >= 11 is 0.